The van der Waals surface area contributed by atoms with E-state index in [2.05, 4.69) is 11.9 Å². The zero-order valence-corrected chi connectivity index (χ0v) is 20.5. The lowest BCUT2D eigenvalue weighted by Crippen LogP contribution is -2.41. The van der Waals surface area contributed by atoms with Crippen LogP contribution in [0.25, 0.3) is 0 Å². The maximum absolute atomic E-state index is 12.2. The first-order valence-electron chi connectivity index (χ1n) is 10.9. The van der Waals surface area contributed by atoms with E-state index < -0.39 is 11.0 Å². The van der Waals surface area contributed by atoms with E-state index in [0.29, 0.717) is 5.75 Å². The number of methoxy groups -OCH3 is 1. The number of hydrogen-bond donors (Lipinski definition) is 1. The summed E-state index contributed by atoms with van der Waals surface area (Å²) in [5.41, 5.74) is 1.52. The molecule has 0 saturated carbocycles. The van der Waals surface area contributed by atoms with Crippen LogP contribution in [0.5, 0.6) is 11.5 Å². The normalized spacial score (nSPS) is 14.0. The maximum atomic E-state index is 12.2. The molecule has 2 aromatic rings. The second-order valence-electron chi connectivity index (χ2n) is 9.31. The van der Waals surface area contributed by atoms with Crippen molar-refractivity contribution in [3.63, 3.8) is 0 Å². The van der Waals surface area contributed by atoms with Crippen molar-refractivity contribution in [2.24, 2.45) is 10.4 Å². The molecule has 0 aliphatic carbocycles. The van der Waals surface area contributed by atoms with Gasteiger partial charge in [-0.2, -0.15) is 0 Å². The zero-order chi connectivity index (χ0) is 23.4. The summed E-state index contributed by atoms with van der Waals surface area (Å²) >= 11 is 0. The van der Waals surface area contributed by atoms with E-state index in [1.807, 2.05) is 96.2 Å². The fraction of sp³-hybridized carbons (Fsp3) is 0.500. The second kappa shape index (κ2) is 9.73. The van der Waals surface area contributed by atoms with E-state index in [9.17, 15) is 5.11 Å². The Hall–Kier alpha value is -2.53. The predicted molar refractivity (Wildman–Crippen MR) is 129 cm³/mol. The third-order valence-electron chi connectivity index (χ3n) is 5.53. The Bertz CT molecular complexity index is 898. The van der Waals surface area contributed by atoms with E-state index in [1.165, 1.54) is 0 Å². The molecule has 0 aliphatic heterocycles. The molecular weight excluding hydrogens is 388 g/mol. The lowest BCUT2D eigenvalue weighted by molar-refractivity contribution is -0.0276. The number of nitrogens with zero attached hydrogens (tertiary/aromatic N) is 2. The van der Waals surface area contributed by atoms with Crippen LogP contribution < -0.4 is 9.47 Å². The van der Waals surface area contributed by atoms with Crippen molar-refractivity contribution in [2.75, 3.05) is 20.7 Å². The number of aliphatic imine (C=N–C) groups is 1. The molecule has 1 N–H and O–H groups in total. The molecule has 0 amide bonds. The minimum absolute atomic E-state index is 0.0925. The molecule has 5 heteroatoms. The lowest BCUT2D eigenvalue weighted by atomic mass is 9.67. The number of ether oxygens (including phenoxy) is 2. The van der Waals surface area contributed by atoms with Crippen LogP contribution in [-0.4, -0.2) is 43.2 Å². The quantitative estimate of drug-likeness (QED) is 0.435. The highest BCUT2D eigenvalue weighted by Crippen LogP contribution is 2.49. The first-order valence-corrected chi connectivity index (χ1v) is 10.9. The smallest absolute Gasteiger partial charge is 0.127 e. The summed E-state index contributed by atoms with van der Waals surface area (Å²) in [6.07, 6.45) is 1.90. The van der Waals surface area contributed by atoms with Crippen molar-refractivity contribution in [2.45, 2.75) is 60.2 Å². The van der Waals surface area contributed by atoms with Gasteiger partial charge >= 0.3 is 0 Å². The monoisotopic (exact) mass is 426 g/mol. The zero-order valence-electron chi connectivity index (χ0n) is 20.5. The largest absolute Gasteiger partial charge is 0.496 e. The van der Waals surface area contributed by atoms with Crippen LogP contribution in [0.15, 0.2) is 41.4 Å². The SMILES string of the molecule is CCN(C)C=Nc1cc(OC)c(C(O)(c2ccc(OC(C)C)cc2)C(C)(C)C)cc1C. The molecule has 31 heavy (non-hydrogen) atoms. The van der Waals surface area contributed by atoms with Gasteiger partial charge in [0.2, 0.25) is 0 Å². The van der Waals surface area contributed by atoms with Gasteiger partial charge in [0, 0.05) is 25.2 Å². The van der Waals surface area contributed by atoms with Crippen molar-refractivity contribution in [3.05, 3.63) is 53.1 Å². The van der Waals surface area contributed by atoms with Gasteiger partial charge in [-0.25, -0.2) is 4.99 Å². The fourth-order valence-electron chi connectivity index (χ4n) is 3.55. The van der Waals surface area contributed by atoms with Crippen molar-refractivity contribution in [1.29, 1.82) is 0 Å². The fourth-order valence-corrected chi connectivity index (χ4v) is 3.55. The maximum Gasteiger partial charge on any atom is 0.127 e. The summed E-state index contributed by atoms with van der Waals surface area (Å²) in [4.78, 5) is 6.61. The van der Waals surface area contributed by atoms with Gasteiger partial charge < -0.3 is 19.5 Å². The van der Waals surface area contributed by atoms with Crippen LogP contribution in [-0.2, 0) is 5.60 Å². The number of aliphatic hydroxyl groups is 1. The van der Waals surface area contributed by atoms with E-state index in [4.69, 9.17) is 9.47 Å². The highest BCUT2D eigenvalue weighted by molar-refractivity contribution is 5.66. The molecule has 0 bridgehead atoms. The molecule has 1 atom stereocenters. The van der Waals surface area contributed by atoms with Gasteiger partial charge in [-0.1, -0.05) is 32.9 Å². The van der Waals surface area contributed by atoms with Gasteiger partial charge in [-0.3, -0.25) is 0 Å². The van der Waals surface area contributed by atoms with E-state index in [1.54, 1.807) is 7.11 Å². The highest BCUT2D eigenvalue weighted by atomic mass is 16.5. The molecule has 170 valence electrons. The first kappa shape index (κ1) is 24.7. The molecule has 2 aromatic carbocycles. The lowest BCUT2D eigenvalue weighted by Gasteiger charge is -2.42. The van der Waals surface area contributed by atoms with Crippen LogP contribution in [0.4, 0.5) is 5.69 Å². The van der Waals surface area contributed by atoms with Crippen LogP contribution in [0.2, 0.25) is 0 Å². The number of aryl methyl sites for hydroxylation is 1. The molecule has 5 nitrogen and oxygen atoms in total. The Morgan fingerprint density at radius 1 is 1.13 bits per heavy atom. The Balaban J connectivity index is 2.63. The second-order valence-corrected chi connectivity index (χ2v) is 9.31. The molecule has 0 radical (unpaired) electrons. The molecule has 0 heterocycles. The summed E-state index contributed by atoms with van der Waals surface area (Å²) in [7, 11) is 3.61. The van der Waals surface area contributed by atoms with Crippen molar-refractivity contribution >= 4 is 12.0 Å². The molecule has 0 fully saturated rings. The minimum atomic E-state index is -1.28. The molecule has 1 unspecified atom stereocenters. The molecule has 0 saturated heterocycles. The van der Waals surface area contributed by atoms with Gasteiger partial charge in [0.15, 0.2) is 0 Å². The van der Waals surface area contributed by atoms with Crippen LogP contribution in [0, 0.1) is 12.3 Å². The summed E-state index contributed by atoms with van der Waals surface area (Å²) in [6, 6.07) is 11.6. The molecule has 0 aliphatic rings. The van der Waals surface area contributed by atoms with Crippen molar-refractivity contribution in [3.8, 4) is 11.5 Å². The summed E-state index contributed by atoms with van der Waals surface area (Å²) in [6.45, 7) is 15.0. The predicted octanol–water partition coefficient (Wildman–Crippen LogP) is 5.68. The van der Waals surface area contributed by atoms with E-state index in [-0.39, 0.29) is 6.10 Å². The Labute approximate surface area is 187 Å². The average molecular weight is 427 g/mol. The minimum Gasteiger partial charge on any atom is -0.496 e. The van der Waals surface area contributed by atoms with Crippen molar-refractivity contribution < 1.29 is 14.6 Å². The highest BCUT2D eigenvalue weighted by Gasteiger charge is 2.45. The van der Waals surface area contributed by atoms with Crippen LogP contribution in [0.3, 0.4) is 0 Å². The summed E-state index contributed by atoms with van der Waals surface area (Å²) < 4.78 is 11.5. The van der Waals surface area contributed by atoms with Crippen LogP contribution >= 0.6 is 0 Å². The van der Waals surface area contributed by atoms with E-state index in [0.717, 1.165) is 34.7 Å². The molecule has 0 aromatic heterocycles. The molecular formula is C26H38N2O3. The number of rotatable bonds is 8. The first-order chi connectivity index (χ1) is 14.4. The standard InChI is InChI=1S/C26H38N2O3/c1-10-28(8)17-27-23-16-24(30-9)22(15-19(23)4)26(29,25(5,6)7)20-11-13-21(14-12-20)31-18(2)3/h11-18,29H,10H2,1-9H3. The summed E-state index contributed by atoms with van der Waals surface area (Å²) in [5.74, 6) is 1.39. The summed E-state index contributed by atoms with van der Waals surface area (Å²) in [5, 5.41) is 12.2. The van der Waals surface area contributed by atoms with E-state index >= 15 is 0 Å². The molecule has 0 spiro atoms. The average Bonchev–Trinajstić information content (AvgIpc) is 2.71. The van der Waals surface area contributed by atoms with Gasteiger partial charge in [-0.15, -0.1) is 0 Å². The van der Waals surface area contributed by atoms with Gasteiger partial charge in [-0.05, 0) is 62.4 Å². The Kier molecular flexibility index (Phi) is 7.77. The third kappa shape index (κ3) is 5.40. The van der Waals surface area contributed by atoms with Gasteiger partial charge in [0.25, 0.3) is 0 Å². The van der Waals surface area contributed by atoms with Crippen molar-refractivity contribution in [1.82, 2.24) is 4.90 Å². The number of benzene rings is 2. The van der Waals surface area contributed by atoms with Gasteiger partial charge in [0.05, 0.1) is 25.2 Å². The molecule has 2 rings (SSSR count). The van der Waals surface area contributed by atoms with Gasteiger partial charge in [0.1, 0.15) is 17.1 Å². The number of hydrogen-bond acceptors (Lipinski definition) is 4. The topological polar surface area (TPSA) is 54.3 Å². The third-order valence-corrected chi connectivity index (χ3v) is 5.53. The Morgan fingerprint density at radius 2 is 1.74 bits per heavy atom. The van der Waals surface area contributed by atoms with Crippen LogP contribution in [0.1, 0.15) is 58.2 Å². The Morgan fingerprint density at radius 3 is 2.23 bits per heavy atom.